The van der Waals surface area contributed by atoms with Crippen molar-refractivity contribution in [2.45, 2.75) is 126 Å². The number of unbranched alkanes of at least 4 members (excludes halogenated alkanes) is 13. The van der Waals surface area contributed by atoms with E-state index in [9.17, 15) is 16.8 Å². The molecule has 0 aliphatic rings. The van der Waals surface area contributed by atoms with Crippen molar-refractivity contribution in [2.24, 2.45) is 20.5 Å². The summed E-state index contributed by atoms with van der Waals surface area (Å²) < 4.78 is 62.5. The van der Waals surface area contributed by atoms with Crippen LogP contribution in [0, 0.1) is 0 Å². The summed E-state index contributed by atoms with van der Waals surface area (Å²) in [4.78, 5) is 0.657. The molecule has 0 aliphatic heterocycles. The summed E-state index contributed by atoms with van der Waals surface area (Å²) in [5.41, 5.74) is 2.55. The fraction of sp³-hybridized carbons (Fsp3) is 0.478. The van der Waals surface area contributed by atoms with E-state index in [0.29, 0.717) is 58.6 Å². The van der Waals surface area contributed by atoms with Gasteiger partial charge in [-0.1, -0.05) is 78.1 Å². The number of rotatable bonds is 29. The van der Waals surface area contributed by atoms with Gasteiger partial charge in [-0.25, -0.2) is 16.8 Å². The van der Waals surface area contributed by atoms with Crippen LogP contribution >= 0.6 is 0 Å². The molecule has 0 unspecified atom stereocenters. The molecule has 0 heterocycles. The minimum Gasteiger partial charge on any atom is -0.494 e. The zero-order chi connectivity index (χ0) is 41.3. The van der Waals surface area contributed by atoms with Crippen molar-refractivity contribution in [3.63, 3.8) is 0 Å². The Kier molecular flexibility index (Phi) is 20.6. The van der Waals surface area contributed by atoms with E-state index in [1.807, 2.05) is 48.5 Å². The second-order valence-electron chi connectivity index (χ2n) is 14.7. The van der Waals surface area contributed by atoms with E-state index in [4.69, 9.17) is 9.47 Å². The summed E-state index contributed by atoms with van der Waals surface area (Å²) in [5, 5.41) is 17.1. The van der Waals surface area contributed by atoms with Crippen LogP contribution in [0.3, 0.4) is 0 Å². The highest BCUT2D eigenvalue weighted by atomic mass is 32.2. The molecule has 0 saturated heterocycles. The smallest absolute Gasteiger partial charge is 0.178 e. The molecular weight excluding hydrogens is 769 g/mol. The Balaban J connectivity index is 1.06. The molecule has 0 spiro atoms. The highest BCUT2D eigenvalue weighted by molar-refractivity contribution is 7.91. The summed E-state index contributed by atoms with van der Waals surface area (Å²) in [6.45, 7) is 5.58. The minimum absolute atomic E-state index is 0.175. The van der Waals surface area contributed by atoms with Crippen molar-refractivity contribution in [1.29, 1.82) is 0 Å². The molecule has 0 amide bonds. The van der Waals surface area contributed by atoms with Gasteiger partial charge in [0.15, 0.2) is 19.7 Å². The molecule has 0 saturated carbocycles. The maximum Gasteiger partial charge on any atom is 0.178 e. The van der Waals surface area contributed by atoms with Crippen molar-refractivity contribution >= 4 is 42.4 Å². The van der Waals surface area contributed by atoms with Crippen molar-refractivity contribution in [1.82, 2.24) is 0 Å². The van der Waals surface area contributed by atoms with Gasteiger partial charge in [-0.05, 0) is 136 Å². The second-order valence-corrected chi connectivity index (χ2v) is 18.9. The van der Waals surface area contributed by atoms with Gasteiger partial charge >= 0.3 is 0 Å². The van der Waals surface area contributed by atoms with E-state index in [2.05, 4.69) is 34.3 Å². The summed E-state index contributed by atoms with van der Waals surface area (Å²) in [6, 6.07) is 28.1. The number of nitrogens with zero attached hydrogens (tertiary/aromatic N) is 4. The van der Waals surface area contributed by atoms with Gasteiger partial charge in [0.2, 0.25) is 0 Å². The summed E-state index contributed by atoms with van der Waals surface area (Å²) in [6.07, 6.45) is 16.5. The van der Waals surface area contributed by atoms with Gasteiger partial charge in [0.05, 0.1) is 57.3 Å². The maximum absolute atomic E-state index is 12.7. The van der Waals surface area contributed by atoms with E-state index in [-0.39, 0.29) is 11.5 Å². The third-order valence-corrected chi connectivity index (χ3v) is 13.4. The Bertz CT molecular complexity index is 1870. The molecule has 0 bridgehead atoms. The average molecular weight is 831 g/mol. The fourth-order valence-corrected chi connectivity index (χ4v) is 8.95. The van der Waals surface area contributed by atoms with Crippen LogP contribution in [0.4, 0.5) is 22.7 Å². The molecule has 12 heteroatoms. The lowest BCUT2D eigenvalue weighted by atomic mass is 10.1. The van der Waals surface area contributed by atoms with E-state index in [1.165, 1.54) is 38.5 Å². The van der Waals surface area contributed by atoms with Gasteiger partial charge in [0.1, 0.15) is 11.5 Å². The van der Waals surface area contributed by atoms with E-state index in [1.54, 1.807) is 48.5 Å². The second kappa shape index (κ2) is 25.8. The zero-order valence-electron chi connectivity index (χ0n) is 34.4. The topological polar surface area (TPSA) is 136 Å². The molecule has 0 N–H and O–H groups in total. The highest BCUT2D eigenvalue weighted by Crippen LogP contribution is 2.25. The average Bonchev–Trinajstić information content (AvgIpc) is 3.24. The molecule has 58 heavy (non-hydrogen) atoms. The number of ether oxygens (including phenoxy) is 2. The Morgan fingerprint density at radius 3 is 0.966 bits per heavy atom. The molecule has 0 radical (unpaired) electrons. The zero-order valence-corrected chi connectivity index (χ0v) is 36.1. The van der Waals surface area contributed by atoms with Gasteiger partial charge in [0, 0.05) is 0 Å². The van der Waals surface area contributed by atoms with Gasteiger partial charge in [-0.3, -0.25) is 0 Å². The predicted octanol–water partition coefficient (Wildman–Crippen LogP) is 13.8. The molecule has 4 aromatic carbocycles. The van der Waals surface area contributed by atoms with E-state index >= 15 is 0 Å². The fourth-order valence-electron chi connectivity index (χ4n) is 6.21. The largest absolute Gasteiger partial charge is 0.494 e. The molecule has 0 fully saturated rings. The van der Waals surface area contributed by atoms with Crippen LogP contribution in [0.2, 0.25) is 0 Å². The number of benzene rings is 4. The first-order chi connectivity index (χ1) is 28.2. The number of sulfone groups is 2. The monoisotopic (exact) mass is 830 g/mol. The maximum atomic E-state index is 12.7. The molecular formula is C46H62N4O6S2. The van der Waals surface area contributed by atoms with Crippen LogP contribution in [0.15, 0.2) is 127 Å². The Morgan fingerprint density at radius 2 is 0.638 bits per heavy atom. The van der Waals surface area contributed by atoms with Crippen molar-refractivity contribution in [3.8, 4) is 11.5 Å². The molecule has 10 nitrogen and oxygen atoms in total. The summed E-state index contributed by atoms with van der Waals surface area (Å²) >= 11 is 0. The van der Waals surface area contributed by atoms with Crippen LogP contribution in [0.5, 0.6) is 11.5 Å². The first-order valence-electron chi connectivity index (χ1n) is 21.1. The third kappa shape index (κ3) is 17.6. The van der Waals surface area contributed by atoms with Gasteiger partial charge in [-0.2, -0.15) is 20.5 Å². The Labute approximate surface area is 347 Å². The standard InChI is InChI=1S/C46H62N4O6S2/c1-3-5-7-9-13-17-37-57(51,52)45-31-23-41(24-32-45)49-47-39-19-27-43(28-20-39)55-35-15-11-12-16-36-56-44-29-21-40(22-30-44)48-50-42-25-33-46(34-26-42)58(53,54)38-18-14-10-8-6-4-2/h19-34H,3-18,35-38H2,1-2H3. The molecule has 0 atom stereocenters. The van der Waals surface area contributed by atoms with Crippen molar-refractivity contribution < 1.29 is 26.3 Å². The van der Waals surface area contributed by atoms with Crippen molar-refractivity contribution in [3.05, 3.63) is 97.1 Å². The molecule has 314 valence electrons. The Hall–Kier alpha value is -4.42. The minimum atomic E-state index is -3.29. The van der Waals surface area contributed by atoms with Crippen LogP contribution in [-0.4, -0.2) is 41.6 Å². The highest BCUT2D eigenvalue weighted by Gasteiger charge is 2.15. The van der Waals surface area contributed by atoms with Gasteiger partial charge in [0.25, 0.3) is 0 Å². The van der Waals surface area contributed by atoms with Crippen LogP contribution < -0.4 is 9.47 Å². The predicted molar refractivity (Wildman–Crippen MR) is 234 cm³/mol. The quantitative estimate of drug-likeness (QED) is 0.0395. The lowest BCUT2D eigenvalue weighted by Crippen LogP contribution is -2.06. The van der Waals surface area contributed by atoms with Crippen LogP contribution in [-0.2, 0) is 19.7 Å². The van der Waals surface area contributed by atoms with Crippen LogP contribution in [0.25, 0.3) is 0 Å². The lowest BCUT2D eigenvalue weighted by molar-refractivity contribution is 0.287. The first kappa shape index (κ1) is 46.3. The van der Waals surface area contributed by atoms with Gasteiger partial charge < -0.3 is 9.47 Å². The van der Waals surface area contributed by atoms with Gasteiger partial charge in [-0.15, -0.1) is 0 Å². The Morgan fingerprint density at radius 1 is 0.362 bits per heavy atom. The number of hydrogen-bond donors (Lipinski definition) is 0. The lowest BCUT2D eigenvalue weighted by Gasteiger charge is -2.08. The van der Waals surface area contributed by atoms with E-state index < -0.39 is 19.7 Å². The van der Waals surface area contributed by atoms with Crippen molar-refractivity contribution in [2.75, 3.05) is 24.7 Å². The third-order valence-electron chi connectivity index (χ3n) is 9.74. The van der Waals surface area contributed by atoms with Crippen LogP contribution in [0.1, 0.15) is 117 Å². The molecule has 4 rings (SSSR count). The summed E-state index contributed by atoms with van der Waals surface area (Å²) in [5.74, 6) is 1.89. The number of hydrogen-bond acceptors (Lipinski definition) is 10. The first-order valence-corrected chi connectivity index (χ1v) is 24.4. The summed E-state index contributed by atoms with van der Waals surface area (Å²) in [7, 11) is -6.58. The SMILES string of the molecule is CCCCCCCCS(=O)(=O)c1ccc(N=Nc2ccc(OCCCCCCOc3ccc(N=Nc4ccc(S(=O)(=O)CCCCCCCC)cc4)cc3)cc2)cc1. The molecule has 4 aromatic rings. The number of azo groups is 2. The molecule has 0 aliphatic carbocycles. The molecule has 0 aromatic heterocycles. The van der Waals surface area contributed by atoms with E-state index in [0.717, 1.165) is 62.9 Å². The normalized spacial score (nSPS) is 12.1.